The molecule has 1 N–H and O–H groups in total. The smallest absolute Gasteiger partial charge is 0.201 e. The van der Waals surface area contributed by atoms with Crippen LogP contribution in [0, 0.1) is 0 Å². The Morgan fingerprint density at radius 2 is 1.88 bits per heavy atom. The number of nitrogens with zero attached hydrogens (tertiary/aromatic N) is 1. The first-order valence-corrected chi connectivity index (χ1v) is 5.43. The number of hydrogen-bond donors (Lipinski definition) is 1. The van der Waals surface area contributed by atoms with Gasteiger partial charge < -0.3 is 10.2 Å². The molecule has 1 aliphatic rings. The summed E-state index contributed by atoms with van der Waals surface area (Å²) in [5.74, 6) is 0. The minimum Gasteiger partial charge on any atom is -0.367 e. The summed E-state index contributed by atoms with van der Waals surface area (Å²) in [5, 5.41) is 3.33. The first kappa shape index (κ1) is 13.0. The lowest BCUT2D eigenvalue weighted by molar-refractivity contribution is 0.724. The molecule has 1 aromatic rings. The molecule has 3 nitrogen and oxygen atoms in total. The molecule has 16 heavy (non-hydrogen) atoms. The Bertz CT molecular complexity index is 375. The molecule has 1 saturated heterocycles. The van der Waals surface area contributed by atoms with Crippen molar-refractivity contribution in [2.75, 3.05) is 31.1 Å². The van der Waals surface area contributed by atoms with Crippen molar-refractivity contribution in [2.24, 2.45) is 0 Å². The summed E-state index contributed by atoms with van der Waals surface area (Å²) in [6.45, 7) is 3.88. The van der Waals surface area contributed by atoms with E-state index in [4.69, 9.17) is 0 Å². The van der Waals surface area contributed by atoms with Crippen molar-refractivity contribution in [1.82, 2.24) is 5.32 Å². The van der Waals surface area contributed by atoms with Crippen molar-refractivity contribution in [2.45, 2.75) is 6.42 Å². The molecule has 0 atom stereocenters. The van der Waals surface area contributed by atoms with E-state index in [1.807, 2.05) is 18.2 Å². The monoisotopic (exact) mass is 240 g/mol. The van der Waals surface area contributed by atoms with E-state index < -0.39 is 0 Å². The van der Waals surface area contributed by atoms with E-state index >= 15 is 0 Å². The molecule has 1 aromatic carbocycles. The van der Waals surface area contributed by atoms with Gasteiger partial charge in [0.15, 0.2) is 0 Å². The van der Waals surface area contributed by atoms with E-state index in [1.54, 1.807) is 12.1 Å². The molecular weight excluding hydrogens is 224 g/mol. The van der Waals surface area contributed by atoms with Crippen molar-refractivity contribution in [3.05, 3.63) is 40.6 Å². The van der Waals surface area contributed by atoms with E-state index in [1.165, 1.54) is 0 Å². The van der Waals surface area contributed by atoms with Crippen LogP contribution < -0.4 is 15.6 Å². The molecule has 4 heteroatoms. The largest absolute Gasteiger partial charge is 0.367 e. The highest BCUT2D eigenvalue weighted by atomic mass is 35.5. The lowest BCUT2D eigenvalue weighted by atomic mass is 10.3. The zero-order valence-electron chi connectivity index (χ0n) is 9.19. The fraction of sp³-hybridized carbons (Fsp3) is 0.417. The summed E-state index contributed by atoms with van der Waals surface area (Å²) in [5.41, 5.74) is 0.936. The first-order chi connectivity index (χ1) is 7.38. The Morgan fingerprint density at radius 3 is 2.75 bits per heavy atom. The Hall–Kier alpha value is -1.06. The lowest BCUT2D eigenvalue weighted by Gasteiger charge is -2.20. The lowest BCUT2D eigenvalue weighted by Crippen LogP contribution is -2.30. The van der Waals surface area contributed by atoms with Crippen molar-refractivity contribution < 1.29 is 0 Å². The molecule has 2 rings (SSSR count). The molecular formula is C12H17ClN2O. The van der Waals surface area contributed by atoms with Crippen LogP contribution in [-0.2, 0) is 0 Å². The average molecular weight is 241 g/mol. The maximum atomic E-state index is 11.8. The highest BCUT2D eigenvalue weighted by Gasteiger charge is 2.10. The SMILES string of the molecule is Cl.O=c1cccccc1N1CCCNCC1. The van der Waals surface area contributed by atoms with Crippen LogP contribution in [0.4, 0.5) is 5.69 Å². The second kappa shape index (κ2) is 6.51. The molecule has 0 bridgehead atoms. The number of rotatable bonds is 1. The van der Waals surface area contributed by atoms with Crippen LogP contribution in [-0.4, -0.2) is 26.2 Å². The van der Waals surface area contributed by atoms with Gasteiger partial charge in [-0.2, -0.15) is 0 Å². The summed E-state index contributed by atoms with van der Waals surface area (Å²) in [6, 6.07) is 9.15. The zero-order chi connectivity index (χ0) is 10.5. The quantitative estimate of drug-likeness (QED) is 0.803. The van der Waals surface area contributed by atoms with Crippen molar-refractivity contribution in [3.8, 4) is 0 Å². The van der Waals surface area contributed by atoms with Crippen LogP contribution in [0.2, 0.25) is 0 Å². The molecule has 88 valence electrons. The van der Waals surface area contributed by atoms with Crippen molar-refractivity contribution in [1.29, 1.82) is 0 Å². The third-order valence-corrected chi connectivity index (χ3v) is 2.66. The zero-order valence-corrected chi connectivity index (χ0v) is 10.0. The fourth-order valence-corrected chi connectivity index (χ4v) is 1.87. The van der Waals surface area contributed by atoms with Crippen molar-refractivity contribution in [3.63, 3.8) is 0 Å². The van der Waals surface area contributed by atoms with Gasteiger partial charge in [-0.1, -0.05) is 18.2 Å². The second-order valence-corrected chi connectivity index (χ2v) is 3.75. The van der Waals surface area contributed by atoms with E-state index in [0.717, 1.165) is 38.3 Å². The van der Waals surface area contributed by atoms with Gasteiger partial charge in [-0.05, 0) is 25.1 Å². The number of halogens is 1. The van der Waals surface area contributed by atoms with Crippen molar-refractivity contribution >= 4 is 18.1 Å². The van der Waals surface area contributed by atoms with Gasteiger partial charge in [0, 0.05) is 19.6 Å². The highest BCUT2D eigenvalue weighted by Crippen LogP contribution is 2.08. The summed E-state index contributed by atoms with van der Waals surface area (Å²) in [6.07, 6.45) is 1.10. The van der Waals surface area contributed by atoms with E-state index in [0.29, 0.717) is 0 Å². The molecule has 0 aromatic heterocycles. The number of hydrogen-bond acceptors (Lipinski definition) is 3. The predicted molar refractivity (Wildman–Crippen MR) is 69.7 cm³/mol. The molecule has 0 amide bonds. The van der Waals surface area contributed by atoms with Crippen LogP contribution in [0.3, 0.4) is 0 Å². The third-order valence-electron chi connectivity index (χ3n) is 2.66. The fourth-order valence-electron chi connectivity index (χ4n) is 1.87. The van der Waals surface area contributed by atoms with Gasteiger partial charge in [0.2, 0.25) is 5.43 Å². The molecule has 0 saturated carbocycles. The maximum Gasteiger partial charge on any atom is 0.201 e. The van der Waals surface area contributed by atoms with Gasteiger partial charge in [-0.3, -0.25) is 4.79 Å². The summed E-state index contributed by atoms with van der Waals surface area (Å²) in [7, 11) is 0. The minimum atomic E-state index is 0. The minimum absolute atomic E-state index is 0. The number of anilines is 1. The third kappa shape index (κ3) is 3.22. The molecule has 0 spiro atoms. The van der Waals surface area contributed by atoms with Crippen LogP contribution in [0.15, 0.2) is 35.1 Å². The van der Waals surface area contributed by atoms with Crippen LogP contribution in [0.25, 0.3) is 0 Å². The van der Waals surface area contributed by atoms with Gasteiger partial charge in [-0.25, -0.2) is 0 Å². The Morgan fingerprint density at radius 1 is 1.06 bits per heavy atom. The standard InChI is InChI=1S/C12H16N2O.ClH/c15-12-6-3-1-2-5-11(12)14-9-4-7-13-8-10-14;/h1-3,5-6,13H,4,7-10H2;1H. The molecule has 1 fully saturated rings. The Kier molecular flexibility index (Phi) is 5.29. The Balaban J connectivity index is 0.00000128. The van der Waals surface area contributed by atoms with E-state index in [2.05, 4.69) is 10.2 Å². The van der Waals surface area contributed by atoms with Gasteiger partial charge in [0.25, 0.3) is 0 Å². The number of nitrogens with one attached hydrogen (secondary N) is 1. The van der Waals surface area contributed by atoms with Crippen LogP contribution >= 0.6 is 12.4 Å². The average Bonchev–Trinajstić information content (AvgIpc) is 2.59. The predicted octanol–water partition coefficient (Wildman–Crippen LogP) is 1.27. The van der Waals surface area contributed by atoms with Crippen LogP contribution in [0.1, 0.15) is 6.42 Å². The molecule has 0 radical (unpaired) electrons. The topological polar surface area (TPSA) is 32.3 Å². The van der Waals surface area contributed by atoms with E-state index in [9.17, 15) is 4.79 Å². The summed E-state index contributed by atoms with van der Waals surface area (Å²) in [4.78, 5) is 13.9. The highest BCUT2D eigenvalue weighted by molar-refractivity contribution is 5.85. The second-order valence-electron chi connectivity index (χ2n) is 3.75. The first-order valence-electron chi connectivity index (χ1n) is 5.43. The molecule has 0 unspecified atom stereocenters. The molecule has 1 heterocycles. The Labute approximate surface area is 102 Å². The van der Waals surface area contributed by atoms with Gasteiger partial charge in [0.05, 0.1) is 5.69 Å². The normalized spacial score (nSPS) is 16.1. The maximum absolute atomic E-state index is 11.8. The van der Waals surface area contributed by atoms with Gasteiger partial charge >= 0.3 is 0 Å². The van der Waals surface area contributed by atoms with Gasteiger partial charge in [0.1, 0.15) is 0 Å². The van der Waals surface area contributed by atoms with Crippen LogP contribution in [0.5, 0.6) is 0 Å². The summed E-state index contributed by atoms with van der Waals surface area (Å²) >= 11 is 0. The summed E-state index contributed by atoms with van der Waals surface area (Å²) < 4.78 is 0. The van der Waals surface area contributed by atoms with Gasteiger partial charge in [-0.15, -0.1) is 12.4 Å². The van der Waals surface area contributed by atoms with E-state index in [-0.39, 0.29) is 17.8 Å². The molecule has 1 aliphatic heterocycles. The molecule has 0 aliphatic carbocycles.